The number of morpholine rings is 1. The van der Waals surface area contributed by atoms with Gasteiger partial charge >= 0.3 is 0 Å². The van der Waals surface area contributed by atoms with E-state index >= 15 is 0 Å². The maximum Gasteiger partial charge on any atom is 0.243 e. The van der Waals surface area contributed by atoms with E-state index in [9.17, 15) is 4.79 Å². The lowest BCUT2D eigenvalue weighted by atomic mass is 10.0. The summed E-state index contributed by atoms with van der Waals surface area (Å²) in [7, 11) is 0. The van der Waals surface area contributed by atoms with Crippen LogP contribution in [0.2, 0.25) is 0 Å². The molecular weight excluding hydrogens is 254 g/mol. The van der Waals surface area contributed by atoms with Crippen molar-refractivity contribution in [3.63, 3.8) is 0 Å². The lowest BCUT2D eigenvalue weighted by Gasteiger charge is -2.37. The smallest absolute Gasteiger partial charge is 0.243 e. The molecule has 2 heterocycles. The van der Waals surface area contributed by atoms with Crippen LogP contribution in [-0.4, -0.2) is 44.3 Å². The van der Waals surface area contributed by atoms with Crippen molar-refractivity contribution in [2.45, 2.75) is 25.4 Å². The summed E-state index contributed by atoms with van der Waals surface area (Å²) in [6.07, 6.45) is 0.974. The molecule has 2 unspecified atom stereocenters. The normalized spacial score (nSPS) is 23.9. The second kappa shape index (κ2) is 5.81. The van der Waals surface area contributed by atoms with Gasteiger partial charge in [-0.3, -0.25) is 4.79 Å². The molecule has 1 aromatic rings. The molecule has 108 valence electrons. The predicted octanol–water partition coefficient (Wildman–Crippen LogP) is 1.21. The number of anilines is 2. The van der Waals surface area contributed by atoms with Crippen LogP contribution in [-0.2, 0) is 9.53 Å². The summed E-state index contributed by atoms with van der Waals surface area (Å²) >= 11 is 0. The average Bonchev–Trinajstić information content (AvgIpc) is 2.47. The number of ether oxygens (including phenoxy) is 1. The van der Waals surface area contributed by atoms with Gasteiger partial charge in [0.1, 0.15) is 0 Å². The van der Waals surface area contributed by atoms with E-state index in [1.165, 1.54) is 0 Å². The first kappa shape index (κ1) is 13.4. The number of nitrogens with one attached hydrogen (secondary N) is 2. The van der Waals surface area contributed by atoms with Crippen molar-refractivity contribution in [3.05, 3.63) is 24.3 Å². The molecule has 1 amide bonds. The molecule has 0 saturated carbocycles. The molecule has 5 heteroatoms. The summed E-state index contributed by atoms with van der Waals surface area (Å²) in [5, 5.41) is 6.40. The van der Waals surface area contributed by atoms with Crippen LogP contribution in [0.15, 0.2) is 24.3 Å². The number of benzene rings is 1. The van der Waals surface area contributed by atoms with E-state index < -0.39 is 0 Å². The van der Waals surface area contributed by atoms with Gasteiger partial charge in [0.15, 0.2) is 0 Å². The Labute approximate surface area is 119 Å². The van der Waals surface area contributed by atoms with E-state index in [0.29, 0.717) is 18.6 Å². The maximum atomic E-state index is 11.8. The number of carbonyl (C=O) groups is 1. The van der Waals surface area contributed by atoms with E-state index in [1.54, 1.807) is 0 Å². The number of fused-ring (bicyclic) bond motifs is 1. The Morgan fingerprint density at radius 1 is 1.45 bits per heavy atom. The molecule has 0 bridgehead atoms. The number of amides is 1. The van der Waals surface area contributed by atoms with Crippen molar-refractivity contribution in [1.29, 1.82) is 0 Å². The largest absolute Gasteiger partial charge is 0.379 e. The molecule has 2 atom stereocenters. The Balaban J connectivity index is 1.73. The molecule has 0 aromatic heterocycles. The first-order valence-corrected chi connectivity index (χ1v) is 7.20. The number of nitrogens with zero attached hydrogens (tertiary/aromatic N) is 1. The summed E-state index contributed by atoms with van der Waals surface area (Å²) in [6.45, 7) is 5.05. The van der Waals surface area contributed by atoms with Crippen molar-refractivity contribution in [2.75, 3.05) is 36.5 Å². The molecule has 1 saturated heterocycles. The Bertz CT molecular complexity index is 486. The first-order valence-electron chi connectivity index (χ1n) is 7.20. The van der Waals surface area contributed by atoms with Crippen LogP contribution >= 0.6 is 0 Å². The summed E-state index contributed by atoms with van der Waals surface area (Å²) in [4.78, 5) is 14.0. The van der Waals surface area contributed by atoms with Crippen molar-refractivity contribution < 1.29 is 9.53 Å². The number of carbonyl (C=O) groups excluding carboxylic acids is 1. The highest BCUT2D eigenvalue weighted by atomic mass is 16.5. The van der Waals surface area contributed by atoms with Gasteiger partial charge in [-0.25, -0.2) is 0 Å². The molecule has 2 N–H and O–H groups in total. The Hall–Kier alpha value is -1.59. The van der Waals surface area contributed by atoms with Crippen LogP contribution in [0.4, 0.5) is 11.4 Å². The highest BCUT2D eigenvalue weighted by molar-refractivity contribution is 6.01. The van der Waals surface area contributed by atoms with Crippen LogP contribution in [0.3, 0.4) is 0 Å². The van der Waals surface area contributed by atoms with Gasteiger partial charge in [0.25, 0.3) is 0 Å². The Kier molecular flexibility index (Phi) is 3.89. The van der Waals surface area contributed by atoms with Crippen LogP contribution in [0, 0.1) is 0 Å². The lowest BCUT2D eigenvalue weighted by Crippen LogP contribution is -2.49. The van der Waals surface area contributed by atoms with Gasteiger partial charge in [-0.15, -0.1) is 0 Å². The third-order valence-electron chi connectivity index (χ3n) is 3.96. The fraction of sp³-hybridized carbons (Fsp3) is 0.533. The predicted molar refractivity (Wildman–Crippen MR) is 79.1 cm³/mol. The zero-order valence-electron chi connectivity index (χ0n) is 11.8. The van der Waals surface area contributed by atoms with Gasteiger partial charge in [-0.2, -0.15) is 0 Å². The molecular formula is C15H21N3O2. The zero-order chi connectivity index (χ0) is 13.9. The van der Waals surface area contributed by atoms with Gasteiger partial charge in [-0.05, 0) is 25.5 Å². The number of rotatable bonds is 3. The second-order valence-electron chi connectivity index (χ2n) is 5.50. The summed E-state index contributed by atoms with van der Waals surface area (Å²) in [6, 6.07) is 8.64. The van der Waals surface area contributed by atoms with Crippen molar-refractivity contribution >= 4 is 17.3 Å². The monoisotopic (exact) mass is 275 g/mol. The van der Waals surface area contributed by atoms with Gasteiger partial charge in [0.05, 0.1) is 31.1 Å². The highest BCUT2D eigenvalue weighted by Gasteiger charge is 2.27. The zero-order valence-corrected chi connectivity index (χ0v) is 11.8. The molecule has 20 heavy (non-hydrogen) atoms. The topological polar surface area (TPSA) is 53.6 Å². The maximum absolute atomic E-state index is 11.8. The molecule has 0 aliphatic carbocycles. The highest BCUT2D eigenvalue weighted by Crippen LogP contribution is 2.31. The minimum absolute atomic E-state index is 0.0587. The van der Waals surface area contributed by atoms with Crippen molar-refractivity contribution in [3.8, 4) is 0 Å². The second-order valence-corrected chi connectivity index (χ2v) is 5.50. The standard InChI is InChI=1S/C15H21N3O2/c1-11(8-12-10-20-7-6-16-12)18-9-15(19)17-13-4-2-3-5-14(13)18/h2-5,11-12,16H,6-10H2,1H3,(H,17,19). The molecule has 2 aliphatic rings. The van der Waals surface area contributed by atoms with Gasteiger partial charge in [0.2, 0.25) is 5.91 Å². The molecule has 2 aliphatic heterocycles. The SMILES string of the molecule is CC(CC1COCCN1)N1CC(=O)Nc2ccccc21. The minimum Gasteiger partial charge on any atom is -0.379 e. The van der Waals surface area contributed by atoms with E-state index in [0.717, 1.165) is 37.6 Å². The fourth-order valence-electron chi connectivity index (χ4n) is 2.96. The lowest BCUT2D eigenvalue weighted by molar-refractivity contribution is -0.115. The summed E-state index contributed by atoms with van der Waals surface area (Å²) in [5.41, 5.74) is 2.01. The summed E-state index contributed by atoms with van der Waals surface area (Å²) < 4.78 is 5.50. The molecule has 0 radical (unpaired) electrons. The van der Waals surface area contributed by atoms with Crippen LogP contribution in [0.5, 0.6) is 0 Å². The quantitative estimate of drug-likeness (QED) is 0.870. The van der Waals surface area contributed by atoms with E-state index in [4.69, 9.17) is 4.74 Å². The van der Waals surface area contributed by atoms with Crippen LogP contribution in [0.25, 0.3) is 0 Å². The minimum atomic E-state index is 0.0587. The third kappa shape index (κ3) is 2.78. The van der Waals surface area contributed by atoms with Gasteiger partial charge in [-0.1, -0.05) is 12.1 Å². The molecule has 1 fully saturated rings. The van der Waals surface area contributed by atoms with E-state index in [2.05, 4.69) is 28.5 Å². The Morgan fingerprint density at radius 2 is 2.30 bits per heavy atom. The third-order valence-corrected chi connectivity index (χ3v) is 3.96. The van der Waals surface area contributed by atoms with Crippen molar-refractivity contribution in [1.82, 2.24) is 5.32 Å². The number of hydrogen-bond acceptors (Lipinski definition) is 4. The first-order chi connectivity index (χ1) is 9.74. The van der Waals surface area contributed by atoms with Gasteiger partial charge in [0, 0.05) is 18.6 Å². The molecule has 5 nitrogen and oxygen atoms in total. The molecule has 1 aromatic carbocycles. The Morgan fingerprint density at radius 3 is 3.10 bits per heavy atom. The van der Waals surface area contributed by atoms with Crippen molar-refractivity contribution in [2.24, 2.45) is 0 Å². The fourth-order valence-corrected chi connectivity index (χ4v) is 2.96. The van der Waals surface area contributed by atoms with E-state index in [1.807, 2.05) is 18.2 Å². The van der Waals surface area contributed by atoms with Gasteiger partial charge < -0.3 is 20.3 Å². The molecule has 3 rings (SSSR count). The average molecular weight is 275 g/mol. The summed E-state index contributed by atoms with van der Waals surface area (Å²) in [5.74, 6) is 0.0587. The van der Waals surface area contributed by atoms with Crippen LogP contribution in [0.1, 0.15) is 13.3 Å². The number of hydrogen-bond donors (Lipinski definition) is 2. The molecule has 0 spiro atoms. The van der Waals surface area contributed by atoms with Crippen LogP contribution < -0.4 is 15.5 Å². The van der Waals surface area contributed by atoms with E-state index in [-0.39, 0.29) is 5.91 Å². The number of para-hydroxylation sites is 2.